The Morgan fingerprint density at radius 1 is 0.864 bits per heavy atom. The van der Waals surface area contributed by atoms with Gasteiger partial charge in [0.2, 0.25) is 0 Å². The summed E-state index contributed by atoms with van der Waals surface area (Å²) in [5.74, 6) is -0.304. The lowest BCUT2D eigenvalue weighted by atomic mass is 10.0. The molecule has 108 valence electrons. The van der Waals surface area contributed by atoms with Crippen molar-refractivity contribution in [2.45, 2.75) is 12.8 Å². The van der Waals surface area contributed by atoms with Crippen LogP contribution in [0.25, 0.3) is 10.9 Å². The van der Waals surface area contributed by atoms with E-state index in [1.54, 1.807) is 24.3 Å². The van der Waals surface area contributed by atoms with Gasteiger partial charge in [0, 0.05) is 17.4 Å². The second-order valence-electron chi connectivity index (χ2n) is 5.02. The number of hydrogen-bond acceptors (Lipinski definition) is 4. The summed E-state index contributed by atoms with van der Waals surface area (Å²) >= 11 is 0. The molecule has 22 heavy (non-hydrogen) atoms. The molecule has 0 N–H and O–H groups in total. The number of Topliss-reactive ketones (excluding diaryl/α,β-unsaturated/α-hetero) is 2. The Hall–Kier alpha value is -2.88. The second-order valence-corrected chi connectivity index (χ2v) is 5.02. The molecule has 0 unspecified atom stereocenters. The Morgan fingerprint density at radius 2 is 1.59 bits per heavy atom. The molecule has 4 heteroatoms. The first-order valence-electron chi connectivity index (χ1n) is 7.02. The molecule has 1 heterocycles. The summed E-state index contributed by atoms with van der Waals surface area (Å²) in [5, 5.41) is 0.852. The van der Waals surface area contributed by atoms with Crippen molar-refractivity contribution in [3.8, 4) is 0 Å². The van der Waals surface area contributed by atoms with Crippen molar-refractivity contribution in [1.82, 2.24) is 9.97 Å². The van der Waals surface area contributed by atoms with Crippen molar-refractivity contribution in [3.05, 3.63) is 72.2 Å². The maximum atomic E-state index is 12.2. The SMILES string of the molecule is O=C(CC(=O)c1ccccc1)Cc1ncnc2ccccc12. The molecule has 0 aliphatic rings. The minimum absolute atomic E-state index is 0.109. The minimum atomic E-state index is -0.163. The smallest absolute Gasteiger partial charge is 0.170 e. The summed E-state index contributed by atoms with van der Waals surface area (Å²) in [4.78, 5) is 32.6. The summed E-state index contributed by atoms with van der Waals surface area (Å²) < 4.78 is 0. The van der Waals surface area contributed by atoms with Crippen LogP contribution >= 0.6 is 0 Å². The highest BCUT2D eigenvalue weighted by molar-refractivity contribution is 6.08. The number of carbonyl (C=O) groups is 2. The van der Waals surface area contributed by atoms with Crippen LogP contribution < -0.4 is 0 Å². The van der Waals surface area contributed by atoms with Gasteiger partial charge in [0.1, 0.15) is 12.1 Å². The third-order valence-corrected chi connectivity index (χ3v) is 3.44. The number of rotatable bonds is 5. The predicted octanol–water partition coefficient (Wildman–Crippen LogP) is 3.01. The topological polar surface area (TPSA) is 59.9 Å². The third-order valence-electron chi connectivity index (χ3n) is 3.44. The quantitative estimate of drug-likeness (QED) is 0.535. The molecule has 0 atom stereocenters. The zero-order chi connectivity index (χ0) is 15.4. The maximum Gasteiger partial charge on any atom is 0.170 e. The van der Waals surface area contributed by atoms with Crippen molar-refractivity contribution >= 4 is 22.5 Å². The average Bonchev–Trinajstić information content (AvgIpc) is 2.56. The molecule has 2 aromatic carbocycles. The van der Waals surface area contributed by atoms with Crippen LogP contribution in [0.15, 0.2) is 60.9 Å². The number of nitrogens with zero attached hydrogens (tertiary/aromatic N) is 2. The van der Waals surface area contributed by atoms with E-state index in [1.807, 2.05) is 30.3 Å². The lowest BCUT2D eigenvalue weighted by molar-refractivity contribution is -0.117. The second kappa shape index (κ2) is 6.26. The third kappa shape index (κ3) is 3.06. The van der Waals surface area contributed by atoms with Gasteiger partial charge in [-0.05, 0) is 6.07 Å². The van der Waals surface area contributed by atoms with Crippen LogP contribution in [0, 0.1) is 0 Å². The standard InChI is InChI=1S/C18H14N2O2/c21-14(11-18(22)13-6-2-1-3-7-13)10-17-15-8-4-5-9-16(15)19-12-20-17/h1-9,12H,10-11H2. The lowest BCUT2D eigenvalue weighted by Crippen LogP contribution is -2.11. The largest absolute Gasteiger partial charge is 0.299 e. The highest BCUT2D eigenvalue weighted by Gasteiger charge is 2.14. The first-order chi connectivity index (χ1) is 10.7. The van der Waals surface area contributed by atoms with E-state index in [1.165, 1.54) is 6.33 Å². The van der Waals surface area contributed by atoms with Crippen molar-refractivity contribution in [2.75, 3.05) is 0 Å². The first kappa shape index (κ1) is 14.1. The molecule has 0 radical (unpaired) electrons. The predicted molar refractivity (Wildman–Crippen MR) is 83.6 cm³/mol. The van der Waals surface area contributed by atoms with Gasteiger partial charge in [0.15, 0.2) is 5.78 Å². The molecular weight excluding hydrogens is 276 g/mol. The van der Waals surface area contributed by atoms with Crippen molar-refractivity contribution < 1.29 is 9.59 Å². The van der Waals surface area contributed by atoms with E-state index in [9.17, 15) is 9.59 Å². The van der Waals surface area contributed by atoms with Gasteiger partial charge in [0.05, 0.1) is 17.6 Å². The van der Waals surface area contributed by atoms with Crippen LogP contribution in [0.5, 0.6) is 0 Å². The van der Waals surface area contributed by atoms with Crippen molar-refractivity contribution in [3.63, 3.8) is 0 Å². The molecule has 0 saturated heterocycles. The number of benzene rings is 2. The van der Waals surface area contributed by atoms with Gasteiger partial charge < -0.3 is 0 Å². The fourth-order valence-corrected chi connectivity index (χ4v) is 2.36. The van der Waals surface area contributed by atoms with E-state index >= 15 is 0 Å². The molecule has 0 bridgehead atoms. The van der Waals surface area contributed by atoms with Gasteiger partial charge in [-0.15, -0.1) is 0 Å². The van der Waals surface area contributed by atoms with Gasteiger partial charge in [-0.2, -0.15) is 0 Å². The molecule has 3 aromatic rings. The van der Waals surface area contributed by atoms with Crippen molar-refractivity contribution in [2.24, 2.45) is 0 Å². The molecule has 0 fully saturated rings. The molecule has 0 saturated carbocycles. The van der Waals surface area contributed by atoms with Gasteiger partial charge in [-0.3, -0.25) is 9.59 Å². The van der Waals surface area contributed by atoms with Crippen LogP contribution in [-0.2, 0) is 11.2 Å². The summed E-state index contributed by atoms with van der Waals surface area (Å²) in [7, 11) is 0. The zero-order valence-electron chi connectivity index (χ0n) is 11.9. The normalized spacial score (nSPS) is 10.5. The highest BCUT2D eigenvalue weighted by atomic mass is 16.1. The van der Waals surface area contributed by atoms with E-state index < -0.39 is 0 Å². The number of hydrogen-bond donors (Lipinski definition) is 0. The number of fused-ring (bicyclic) bond motifs is 1. The van der Waals surface area contributed by atoms with Crippen LogP contribution in [0.4, 0.5) is 0 Å². The summed E-state index contributed by atoms with van der Waals surface area (Å²) in [6.07, 6.45) is 1.48. The van der Waals surface area contributed by atoms with E-state index in [4.69, 9.17) is 0 Å². The van der Waals surface area contributed by atoms with Gasteiger partial charge in [0.25, 0.3) is 0 Å². The van der Waals surface area contributed by atoms with Gasteiger partial charge >= 0.3 is 0 Å². The highest BCUT2D eigenvalue weighted by Crippen LogP contribution is 2.15. The van der Waals surface area contributed by atoms with E-state index in [2.05, 4.69) is 9.97 Å². The minimum Gasteiger partial charge on any atom is -0.299 e. The Morgan fingerprint density at radius 3 is 2.41 bits per heavy atom. The number of ketones is 2. The van der Waals surface area contributed by atoms with E-state index in [0.717, 1.165) is 10.9 Å². The Labute approximate surface area is 127 Å². The Kier molecular flexibility index (Phi) is 4.01. The Balaban J connectivity index is 1.75. The van der Waals surface area contributed by atoms with Crippen molar-refractivity contribution in [1.29, 1.82) is 0 Å². The molecule has 0 amide bonds. The van der Waals surface area contributed by atoms with E-state index in [0.29, 0.717) is 11.3 Å². The average molecular weight is 290 g/mol. The molecule has 3 rings (SSSR count). The first-order valence-corrected chi connectivity index (χ1v) is 7.02. The molecule has 4 nitrogen and oxygen atoms in total. The number of carbonyl (C=O) groups excluding carboxylic acids is 2. The van der Waals surface area contributed by atoms with Crippen LogP contribution in [0.3, 0.4) is 0 Å². The Bertz CT molecular complexity index is 823. The van der Waals surface area contributed by atoms with Crippen LogP contribution in [0.2, 0.25) is 0 Å². The van der Waals surface area contributed by atoms with Crippen LogP contribution in [0.1, 0.15) is 22.5 Å². The van der Waals surface area contributed by atoms with Gasteiger partial charge in [-0.1, -0.05) is 48.5 Å². The van der Waals surface area contributed by atoms with Crippen LogP contribution in [-0.4, -0.2) is 21.5 Å². The fourth-order valence-electron chi connectivity index (χ4n) is 2.36. The zero-order valence-corrected chi connectivity index (χ0v) is 11.9. The monoisotopic (exact) mass is 290 g/mol. The lowest BCUT2D eigenvalue weighted by Gasteiger charge is -2.04. The maximum absolute atomic E-state index is 12.2. The van der Waals surface area contributed by atoms with E-state index in [-0.39, 0.29) is 24.4 Å². The summed E-state index contributed by atoms with van der Waals surface area (Å²) in [5.41, 5.74) is 2.02. The molecular formula is C18H14N2O2. The molecule has 1 aromatic heterocycles. The summed E-state index contributed by atoms with van der Waals surface area (Å²) in [6, 6.07) is 16.4. The fraction of sp³-hybridized carbons (Fsp3) is 0.111. The molecule has 0 aliphatic heterocycles. The van der Waals surface area contributed by atoms with Gasteiger partial charge in [-0.25, -0.2) is 9.97 Å². The molecule has 0 aliphatic carbocycles. The summed E-state index contributed by atoms with van der Waals surface area (Å²) in [6.45, 7) is 0. The number of para-hydroxylation sites is 1. The molecule has 0 spiro atoms. The number of aromatic nitrogens is 2.